The Bertz CT molecular complexity index is 502. The number of ether oxygens (including phenoxy) is 1. The summed E-state index contributed by atoms with van der Waals surface area (Å²) in [7, 11) is 1.55. The molecule has 2 rings (SSSR count). The minimum Gasteiger partial charge on any atom is -0.481 e. The van der Waals surface area contributed by atoms with Gasteiger partial charge in [0, 0.05) is 22.3 Å². The number of benzene rings is 1. The van der Waals surface area contributed by atoms with Gasteiger partial charge >= 0.3 is 0 Å². The number of aromatic nitrogens is 1. The van der Waals surface area contributed by atoms with E-state index in [0.29, 0.717) is 5.88 Å². The van der Waals surface area contributed by atoms with Crippen LogP contribution in [0.3, 0.4) is 0 Å². The molecule has 4 heteroatoms. The Hall–Kier alpha value is -1.39. The van der Waals surface area contributed by atoms with Crippen LogP contribution in [-0.4, -0.2) is 17.2 Å². The molecule has 0 aliphatic carbocycles. The number of hydrogen-bond acceptors (Lipinski definition) is 3. The van der Waals surface area contributed by atoms with Crippen molar-refractivity contribution < 1.29 is 9.84 Å². The third-order valence-electron chi connectivity index (χ3n) is 2.48. The van der Waals surface area contributed by atoms with Crippen LogP contribution in [0.25, 0.3) is 0 Å². The van der Waals surface area contributed by atoms with Gasteiger partial charge in [0.25, 0.3) is 0 Å². The van der Waals surface area contributed by atoms with Gasteiger partial charge in [0.15, 0.2) is 0 Å². The molecule has 2 aromatic rings. The van der Waals surface area contributed by atoms with Crippen molar-refractivity contribution >= 4 is 15.9 Å². The molecule has 0 spiro atoms. The van der Waals surface area contributed by atoms with E-state index in [1.54, 1.807) is 19.4 Å². The summed E-state index contributed by atoms with van der Waals surface area (Å²) < 4.78 is 5.81. The highest BCUT2D eigenvalue weighted by Gasteiger charge is 2.14. The predicted octanol–water partition coefficient (Wildman–Crippen LogP) is 2.93. The van der Waals surface area contributed by atoms with Crippen molar-refractivity contribution in [3.63, 3.8) is 0 Å². The third-order valence-corrected chi connectivity index (χ3v) is 3.14. The van der Waals surface area contributed by atoms with Crippen LogP contribution in [0, 0.1) is 0 Å². The first kappa shape index (κ1) is 12.1. The minimum absolute atomic E-state index is 0.484. The van der Waals surface area contributed by atoms with E-state index in [9.17, 15) is 5.11 Å². The molecule has 0 saturated heterocycles. The molecule has 88 valence electrons. The fraction of sp³-hybridized carbons (Fsp3) is 0.154. The van der Waals surface area contributed by atoms with Crippen molar-refractivity contribution in [2.75, 3.05) is 7.11 Å². The van der Waals surface area contributed by atoms with Gasteiger partial charge in [-0.25, -0.2) is 4.98 Å². The summed E-state index contributed by atoms with van der Waals surface area (Å²) in [5, 5.41) is 10.3. The number of hydrogen-bond donors (Lipinski definition) is 1. The molecule has 0 fully saturated rings. The number of methoxy groups -OCH3 is 1. The second kappa shape index (κ2) is 5.29. The highest BCUT2D eigenvalue weighted by molar-refractivity contribution is 9.10. The van der Waals surface area contributed by atoms with E-state index in [0.717, 1.165) is 15.6 Å². The summed E-state index contributed by atoms with van der Waals surface area (Å²) >= 11 is 3.38. The molecular weight excluding hydrogens is 282 g/mol. The molecule has 0 radical (unpaired) electrons. The quantitative estimate of drug-likeness (QED) is 0.946. The van der Waals surface area contributed by atoms with Gasteiger partial charge in [0.2, 0.25) is 5.88 Å². The Labute approximate surface area is 108 Å². The van der Waals surface area contributed by atoms with Crippen molar-refractivity contribution in [3.8, 4) is 5.88 Å². The Morgan fingerprint density at radius 1 is 1.29 bits per heavy atom. The number of aliphatic hydroxyl groups is 1. The zero-order valence-electron chi connectivity index (χ0n) is 9.30. The van der Waals surface area contributed by atoms with Crippen molar-refractivity contribution in [1.29, 1.82) is 0 Å². The Kier molecular flexibility index (Phi) is 3.76. The van der Waals surface area contributed by atoms with E-state index < -0.39 is 6.10 Å². The molecule has 1 atom stereocenters. The van der Waals surface area contributed by atoms with Gasteiger partial charge < -0.3 is 9.84 Å². The van der Waals surface area contributed by atoms with Crippen LogP contribution in [0.4, 0.5) is 0 Å². The number of halogens is 1. The second-order valence-electron chi connectivity index (χ2n) is 3.56. The van der Waals surface area contributed by atoms with Gasteiger partial charge in [0.05, 0.1) is 7.11 Å². The molecule has 1 aromatic carbocycles. The standard InChI is InChI=1S/C13H12BrNO2/c1-17-12-7-10(11(14)8-15-12)13(16)9-5-3-2-4-6-9/h2-8,13,16H,1H3. The second-order valence-corrected chi connectivity index (χ2v) is 4.42. The lowest BCUT2D eigenvalue weighted by atomic mass is 10.0. The molecule has 0 aliphatic rings. The number of nitrogens with zero attached hydrogens (tertiary/aromatic N) is 1. The van der Waals surface area contributed by atoms with E-state index >= 15 is 0 Å². The maximum Gasteiger partial charge on any atom is 0.213 e. The number of pyridine rings is 1. The average Bonchev–Trinajstić information content (AvgIpc) is 2.39. The van der Waals surface area contributed by atoms with E-state index in [2.05, 4.69) is 20.9 Å². The fourth-order valence-electron chi connectivity index (χ4n) is 1.57. The van der Waals surface area contributed by atoms with E-state index in [4.69, 9.17) is 4.74 Å². The van der Waals surface area contributed by atoms with Gasteiger partial charge in [-0.05, 0) is 21.5 Å². The van der Waals surface area contributed by atoms with Gasteiger partial charge in [-0.3, -0.25) is 0 Å². The van der Waals surface area contributed by atoms with Crippen LogP contribution in [0.5, 0.6) is 5.88 Å². The normalized spacial score (nSPS) is 12.2. The Balaban J connectivity index is 2.40. The van der Waals surface area contributed by atoms with E-state index in [-0.39, 0.29) is 0 Å². The van der Waals surface area contributed by atoms with Crippen LogP contribution in [-0.2, 0) is 0 Å². The molecular formula is C13H12BrNO2. The Morgan fingerprint density at radius 2 is 2.00 bits per heavy atom. The lowest BCUT2D eigenvalue weighted by Gasteiger charge is -2.13. The van der Waals surface area contributed by atoms with Crippen LogP contribution < -0.4 is 4.74 Å². The van der Waals surface area contributed by atoms with Gasteiger partial charge in [0.1, 0.15) is 6.10 Å². The minimum atomic E-state index is -0.692. The van der Waals surface area contributed by atoms with Crippen LogP contribution in [0.15, 0.2) is 47.1 Å². The van der Waals surface area contributed by atoms with Crippen molar-refractivity contribution in [2.24, 2.45) is 0 Å². The topological polar surface area (TPSA) is 42.4 Å². The molecule has 0 bridgehead atoms. The largest absolute Gasteiger partial charge is 0.481 e. The van der Waals surface area contributed by atoms with Gasteiger partial charge in [-0.2, -0.15) is 0 Å². The van der Waals surface area contributed by atoms with Crippen LogP contribution >= 0.6 is 15.9 Å². The first-order chi connectivity index (χ1) is 8.22. The summed E-state index contributed by atoms with van der Waals surface area (Å²) in [6.07, 6.45) is 0.933. The third kappa shape index (κ3) is 2.65. The lowest BCUT2D eigenvalue weighted by molar-refractivity contribution is 0.218. The van der Waals surface area contributed by atoms with E-state index in [1.807, 2.05) is 30.3 Å². The smallest absolute Gasteiger partial charge is 0.213 e. The monoisotopic (exact) mass is 293 g/mol. The van der Waals surface area contributed by atoms with E-state index in [1.165, 1.54) is 0 Å². The van der Waals surface area contributed by atoms with Crippen molar-refractivity contribution in [2.45, 2.75) is 6.10 Å². The van der Waals surface area contributed by atoms with Crippen molar-refractivity contribution in [1.82, 2.24) is 4.98 Å². The van der Waals surface area contributed by atoms with Gasteiger partial charge in [-0.15, -0.1) is 0 Å². The summed E-state index contributed by atoms with van der Waals surface area (Å²) in [4.78, 5) is 4.05. The highest BCUT2D eigenvalue weighted by atomic mass is 79.9. The average molecular weight is 294 g/mol. The first-order valence-electron chi connectivity index (χ1n) is 5.15. The molecule has 0 saturated carbocycles. The summed E-state index contributed by atoms with van der Waals surface area (Å²) in [5.41, 5.74) is 1.57. The Morgan fingerprint density at radius 3 is 2.65 bits per heavy atom. The molecule has 1 unspecified atom stereocenters. The molecule has 1 heterocycles. The van der Waals surface area contributed by atoms with Crippen molar-refractivity contribution in [3.05, 3.63) is 58.2 Å². The maximum absolute atomic E-state index is 10.3. The summed E-state index contributed by atoms with van der Waals surface area (Å²) in [6, 6.07) is 11.2. The summed E-state index contributed by atoms with van der Waals surface area (Å²) in [6.45, 7) is 0. The zero-order valence-corrected chi connectivity index (χ0v) is 10.9. The molecule has 0 aliphatic heterocycles. The summed E-state index contributed by atoms with van der Waals surface area (Å²) in [5.74, 6) is 0.484. The number of rotatable bonds is 3. The highest BCUT2D eigenvalue weighted by Crippen LogP contribution is 2.29. The molecule has 0 amide bonds. The lowest BCUT2D eigenvalue weighted by Crippen LogP contribution is -2.02. The zero-order chi connectivity index (χ0) is 12.3. The SMILES string of the molecule is COc1cc(C(O)c2ccccc2)c(Br)cn1. The fourth-order valence-corrected chi connectivity index (χ4v) is 2.00. The number of aliphatic hydroxyl groups excluding tert-OH is 1. The maximum atomic E-state index is 10.3. The van der Waals surface area contributed by atoms with Crippen LogP contribution in [0.2, 0.25) is 0 Å². The molecule has 1 N–H and O–H groups in total. The molecule has 3 nitrogen and oxygen atoms in total. The molecule has 17 heavy (non-hydrogen) atoms. The first-order valence-corrected chi connectivity index (χ1v) is 5.94. The molecule has 1 aromatic heterocycles. The van der Waals surface area contributed by atoms with Crippen LogP contribution in [0.1, 0.15) is 17.2 Å². The van der Waals surface area contributed by atoms with Gasteiger partial charge in [-0.1, -0.05) is 30.3 Å². The predicted molar refractivity (Wildman–Crippen MR) is 69.0 cm³/mol.